The maximum absolute atomic E-state index is 13.7. The number of aromatic nitrogens is 2. The molecule has 1 aromatic heterocycles. The molecule has 0 atom stereocenters. The van der Waals surface area contributed by atoms with Crippen LogP contribution in [0.1, 0.15) is 37.4 Å². The summed E-state index contributed by atoms with van der Waals surface area (Å²) in [6.07, 6.45) is 3.89. The highest BCUT2D eigenvalue weighted by Gasteiger charge is 2.21. The normalized spacial score (nSPS) is 14.3. The zero-order chi connectivity index (χ0) is 20.4. The molecule has 3 aromatic rings. The Bertz CT molecular complexity index is 1100. The van der Waals surface area contributed by atoms with Crippen molar-refractivity contribution in [3.05, 3.63) is 70.1 Å². The Morgan fingerprint density at radius 3 is 2.38 bits per heavy atom. The average molecular weight is 398 g/mol. The van der Waals surface area contributed by atoms with Gasteiger partial charge in [0.25, 0.3) is 5.56 Å². The second-order valence-electron chi connectivity index (χ2n) is 7.08. The molecule has 6 nitrogen and oxygen atoms in total. The summed E-state index contributed by atoms with van der Waals surface area (Å²) in [7, 11) is 0. The Morgan fingerprint density at radius 1 is 1.03 bits per heavy atom. The Balaban J connectivity index is 1.59. The van der Waals surface area contributed by atoms with Gasteiger partial charge in [0.15, 0.2) is 0 Å². The number of urea groups is 1. The maximum Gasteiger partial charge on any atom is 0.319 e. The Morgan fingerprint density at radius 2 is 1.69 bits per heavy atom. The Hall–Kier alpha value is -3.29. The molecule has 29 heavy (non-hydrogen) atoms. The predicted molar refractivity (Wildman–Crippen MR) is 106 cm³/mol. The predicted octanol–water partition coefficient (Wildman–Crippen LogP) is 4.11. The quantitative estimate of drug-likeness (QED) is 0.694. The van der Waals surface area contributed by atoms with Crippen molar-refractivity contribution in [1.29, 1.82) is 0 Å². The molecule has 0 unspecified atom stereocenters. The molecule has 1 aliphatic carbocycles. The number of benzene rings is 2. The van der Waals surface area contributed by atoms with Crippen LogP contribution in [-0.2, 0) is 6.54 Å². The zero-order valence-corrected chi connectivity index (χ0v) is 15.6. The first-order chi connectivity index (χ1) is 14.0. The van der Waals surface area contributed by atoms with Gasteiger partial charge in [0.2, 0.25) is 0 Å². The zero-order valence-electron chi connectivity index (χ0n) is 15.6. The number of para-hydroxylation sites is 1. The van der Waals surface area contributed by atoms with Gasteiger partial charge in [-0.2, -0.15) is 5.10 Å². The van der Waals surface area contributed by atoms with Crippen LogP contribution in [0.3, 0.4) is 0 Å². The van der Waals surface area contributed by atoms with Crippen LogP contribution >= 0.6 is 0 Å². The van der Waals surface area contributed by atoms with E-state index >= 15 is 0 Å². The Kier molecular flexibility index (Phi) is 5.24. The van der Waals surface area contributed by atoms with Gasteiger partial charge >= 0.3 is 6.03 Å². The van der Waals surface area contributed by atoms with Gasteiger partial charge in [-0.3, -0.25) is 4.79 Å². The summed E-state index contributed by atoms with van der Waals surface area (Å²) in [5.41, 5.74) is -0.135. The van der Waals surface area contributed by atoms with Crippen molar-refractivity contribution < 1.29 is 13.6 Å². The van der Waals surface area contributed by atoms with Crippen LogP contribution < -0.4 is 16.2 Å². The summed E-state index contributed by atoms with van der Waals surface area (Å²) in [6, 6.07) is 9.71. The lowest BCUT2D eigenvalue weighted by Crippen LogP contribution is -2.32. The summed E-state index contributed by atoms with van der Waals surface area (Å²) >= 11 is 0. The van der Waals surface area contributed by atoms with Gasteiger partial charge in [-0.1, -0.05) is 37.1 Å². The number of halogens is 2. The molecule has 1 heterocycles. The topological polar surface area (TPSA) is 76.0 Å². The summed E-state index contributed by atoms with van der Waals surface area (Å²) < 4.78 is 29.0. The molecule has 0 bridgehead atoms. The number of fused-ring (bicyclic) bond motifs is 1. The van der Waals surface area contributed by atoms with E-state index in [0.29, 0.717) is 16.5 Å². The molecule has 0 aliphatic heterocycles. The van der Waals surface area contributed by atoms with Gasteiger partial charge in [0, 0.05) is 5.39 Å². The SMILES string of the molecule is O=C(NCc1nn(C2CCCC2)c(=O)c2ccccc12)Nc1c(F)cccc1F. The molecule has 4 rings (SSSR count). The van der Waals surface area contributed by atoms with Crippen molar-refractivity contribution in [3.8, 4) is 0 Å². The second kappa shape index (κ2) is 7.98. The third-order valence-electron chi connectivity index (χ3n) is 5.19. The van der Waals surface area contributed by atoms with Gasteiger partial charge in [-0.15, -0.1) is 0 Å². The van der Waals surface area contributed by atoms with Crippen molar-refractivity contribution in [1.82, 2.24) is 15.1 Å². The molecule has 0 saturated heterocycles. The smallest absolute Gasteiger partial charge is 0.319 e. The van der Waals surface area contributed by atoms with Gasteiger partial charge in [0.05, 0.1) is 23.7 Å². The first-order valence-corrected chi connectivity index (χ1v) is 9.54. The number of carbonyl (C=O) groups excluding carboxylic acids is 1. The minimum atomic E-state index is -0.862. The van der Waals surface area contributed by atoms with Crippen LogP contribution in [0.5, 0.6) is 0 Å². The van der Waals surface area contributed by atoms with E-state index < -0.39 is 23.4 Å². The number of hydrogen-bond acceptors (Lipinski definition) is 3. The molecular weight excluding hydrogens is 378 g/mol. The first kappa shape index (κ1) is 19.0. The lowest BCUT2D eigenvalue weighted by atomic mass is 10.1. The minimum absolute atomic E-state index is 0.00934. The molecule has 150 valence electrons. The molecule has 8 heteroatoms. The van der Waals surface area contributed by atoms with Gasteiger partial charge in [-0.05, 0) is 31.0 Å². The van der Waals surface area contributed by atoms with E-state index in [4.69, 9.17) is 0 Å². The fraction of sp³-hybridized carbons (Fsp3) is 0.286. The van der Waals surface area contributed by atoms with Crippen LogP contribution in [0.15, 0.2) is 47.3 Å². The van der Waals surface area contributed by atoms with Gasteiger partial charge in [0.1, 0.15) is 17.3 Å². The van der Waals surface area contributed by atoms with Gasteiger partial charge in [-0.25, -0.2) is 18.3 Å². The number of rotatable bonds is 4. The molecule has 1 saturated carbocycles. The second-order valence-corrected chi connectivity index (χ2v) is 7.08. The molecular formula is C21H20F2N4O2. The van der Waals surface area contributed by atoms with E-state index in [-0.39, 0.29) is 18.1 Å². The molecule has 2 aromatic carbocycles. The van der Waals surface area contributed by atoms with Crippen LogP contribution in [-0.4, -0.2) is 15.8 Å². The van der Waals surface area contributed by atoms with E-state index in [9.17, 15) is 18.4 Å². The van der Waals surface area contributed by atoms with E-state index in [1.165, 1.54) is 10.7 Å². The van der Waals surface area contributed by atoms with E-state index in [0.717, 1.165) is 37.8 Å². The number of nitrogens with zero attached hydrogens (tertiary/aromatic N) is 2. The van der Waals surface area contributed by atoms with Crippen molar-refractivity contribution in [2.75, 3.05) is 5.32 Å². The molecule has 2 N–H and O–H groups in total. The van der Waals surface area contributed by atoms with Crippen LogP contribution in [0.4, 0.5) is 19.3 Å². The molecule has 1 fully saturated rings. The van der Waals surface area contributed by atoms with Crippen LogP contribution in [0, 0.1) is 11.6 Å². The Labute approximate surface area is 165 Å². The lowest BCUT2D eigenvalue weighted by Gasteiger charge is -2.16. The van der Waals surface area contributed by atoms with E-state index in [1.54, 1.807) is 24.3 Å². The number of amides is 2. The maximum atomic E-state index is 13.7. The largest absolute Gasteiger partial charge is 0.332 e. The average Bonchev–Trinajstić information content (AvgIpc) is 3.25. The van der Waals surface area contributed by atoms with Crippen LogP contribution in [0.25, 0.3) is 10.8 Å². The summed E-state index contributed by atoms with van der Waals surface area (Å²) in [5.74, 6) is -1.72. The van der Waals surface area contributed by atoms with E-state index in [1.807, 2.05) is 0 Å². The fourth-order valence-electron chi connectivity index (χ4n) is 3.74. The fourth-order valence-corrected chi connectivity index (χ4v) is 3.74. The highest BCUT2D eigenvalue weighted by atomic mass is 19.1. The standard InChI is InChI=1S/C21H20F2N4O2/c22-16-10-5-11-17(23)19(16)25-21(29)24-12-18-14-8-3-4-9-15(14)20(28)27(26-18)13-6-1-2-7-13/h3-5,8-11,13H,1-2,6-7,12H2,(H2,24,25,29). The van der Waals surface area contributed by atoms with Gasteiger partial charge < -0.3 is 10.6 Å². The number of anilines is 1. The number of hydrogen-bond donors (Lipinski definition) is 2. The van der Waals surface area contributed by atoms with E-state index in [2.05, 4.69) is 15.7 Å². The van der Waals surface area contributed by atoms with Crippen molar-refractivity contribution in [2.45, 2.75) is 38.3 Å². The molecule has 1 aliphatic rings. The van der Waals surface area contributed by atoms with Crippen molar-refractivity contribution in [2.24, 2.45) is 0 Å². The summed E-state index contributed by atoms with van der Waals surface area (Å²) in [4.78, 5) is 25.0. The molecule has 0 radical (unpaired) electrons. The summed E-state index contributed by atoms with van der Waals surface area (Å²) in [6.45, 7) is 0.00934. The first-order valence-electron chi connectivity index (χ1n) is 9.54. The van der Waals surface area contributed by atoms with Crippen molar-refractivity contribution in [3.63, 3.8) is 0 Å². The highest BCUT2D eigenvalue weighted by molar-refractivity contribution is 5.90. The molecule has 2 amide bonds. The monoisotopic (exact) mass is 398 g/mol. The number of carbonyl (C=O) groups is 1. The lowest BCUT2D eigenvalue weighted by molar-refractivity contribution is 0.251. The van der Waals surface area contributed by atoms with Crippen LogP contribution in [0.2, 0.25) is 0 Å². The third kappa shape index (κ3) is 3.83. The summed E-state index contributed by atoms with van der Waals surface area (Å²) in [5, 5.41) is 10.4. The molecule has 0 spiro atoms. The number of nitrogens with one attached hydrogen (secondary N) is 2. The minimum Gasteiger partial charge on any atom is -0.332 e. The highest BCUT2D eigenvalue weighted by Crippen LogP contribution is 2.28. The third-order valence-corrected chi connectivity index (χ3v) is 5.19. The van der Waals surface area contributed by atoms with Crippen molar-refractivity contribution >= 4 is 22.5 Å².